The average molecular weight is 412 g/mol. The van der Waals surface area contributed by atoms with Crippen LogP contribution in [-0.4, -0.2) is 20.0 Å². The molecule has 156 valence electrons. The summed E-state index contributed by atoms with van der Waals surface area (Å²) in [5, 5.41) is 2.95. The van der Waals surface area contributed by atoms with E-state index in [9.17, 15) is 9.59 Å². The van der Waals surface area contributed by atoms with Crippen molar-refractivity contribution in [3.05, 3.63) is 82.5 Å². The molecule has 1 aliphatic carbocycles. The second-order valence-electron chi connectivity index (χ2n) is 8.27. The molecule has 6 nitrogen and oxygen atoms in total. The third-order valence-electron chi connectivity index (χ3n) is 5.93. The maximum Gasteiger partial charge on any atom is 0.278 e. The highest BCUT2D eigenvalue weighted by molar-refractivity contribution is 5.95. The summed E-state index contributed by atoms with van der Waals surface area (Å²) in [6, 6.07) is 15.9. The van der Waals surface area contributed by atoms with E-state index in [4.69, 9.17) is 0 Å². The molecule has 1 aliphatic rings. The van der Waals surface area contributed by atoms with Crippen molar-refractivity contribution in [1.82, 2.24) is 14.1 Å². The van der Waals surface area contributed by atoms with Crippen molar-refractivity contribution in [2.75, 3.05) is 5.32 Å². The van der Waals surface area contributed by atoms with E-state index in [-0.39, 0.29) is 24.1 Å². The minimum absolute atomic E-state index is 0.0435. The number of hydrogen-bond donors (Lipinski definition) is 1. The Bertz CT molecular complexity index is 1350. The van der Waals surface area contributed by atoms with E-state index >= 15 is 0 Å². The lowest BCUT2D eigenvalue weighted by Gasteiger charge is -2.09. The molecule has 1 fully saturated rings. The first-order valence-electron chi connectivity index (χ1n) is 10.5. The molecule has 0 atom stereocenters. The first kappa shape index (κ1) is 19.3. The molecule has 2 aromatic carbocycles. The Morgan fingerprint density at radius 1 is 1.10 bits per heavy atom. The van der Waals surface area contributed by atoms with Gasteiger partial charge in [-0.25, -0.2) is 4.98 Å². The number of anilines is 1. The maximum atomic E-state index is 13.3. The molecule has 0 radical (unpaired) electrons. The van der Waals surface area contributed by atoms with Crippen LogP contribution in [-0.2, 0) is 11.3 Å². The van der Waals surface area contributed by atoms with Crippen molar-refractivity contribution < 1.29 is 4.79 Å². The Morgan fingerprint density at radius 3 is 2.58 bits per heavy atom. The number of nitrogens with zero attached hydrogens (tertiary/aromatic N) is 3. The number of benzene rings is 2. The lowest BCUT2D eigenvalue weighted by molar-refractivity contribution is -0.116. The second-order valence-corrected chi connectivity index (χ2v) is 8.27. The molecule has 0 aliphatic heterocycles. The predicted molar refractivity (Wildman–Crippen MR) is 122 cm³/mol. The fraction of sp³-hybridized carbons (Fsp3) is 0.240. The zero-order valence-electron chi connectivity index (χ0n) is 17.6. The zero-order valence-corrected chi connectivity index (χ0v) is 17.6. The summed E-state index contributed by atoms with van der Waals surface area (Å²) in [6.07, 6.45) is 5.50. The van der Waals surface area contributed by atoms with Crippen LogP contribution in [0, 0.1) is 13.8 Å². The lowest BCUT2D eigenvalue weighted by atomic mass is 10.1. The zero-order chi connectivity index (χ0) is 21.5. The molecule has 1 saturated carbocycles. The molecule has 2 heterocycles. The van der Waals surface area contributed by atoms with Gasteiger partial charge in [-0.15, -0.1) is 0 Å². The molecule has 0 saturated heterocycles. The summed E-state index contributed by atoms with van der Waals surface area (Å²) in [7, 11) is 0. The van der Waals surface area contributed by atoms with E-state index in [0.717, 1.165) is 35.2 Å². The van der Waals surface area contributed by atoms with Crippen LogP contribution < -0.4 is 10.9 Å². The second kappa shape index (κ2) is 7.54. The van der Waals surface area contributed by atoms with Crippen molar-refractivity contribution in [2.45, 2.75) is 39.3 Å². The summed E-state index contributed by atoms with van der Waals surface area (Å²) in [6.45, 7) is 4.10. The molecule has 5 rings (SSSR count). The average Bonchev–Trinajstić information content (AvgIpc) is 3.53. The van der Waals surface area contributed by atoms with E-state index in [2.05, 4.69) is 10.3 Å². The third kappa shape index (κ3) is 3.65. The summed E-state index contributed by atoms with van der Waals surface area (Å²) in [5.41, 5.74) is 5.89. The number of aryl methyl sites for hydroxylation is 2. The molecule has 1 amide bonds. The fourth-order valence-electron chi connectivity index (χ4n) is 3.94. The number of fused-ring (bicyclic) bond motifs is 1. The first-order valence-corrected chi connectivity index (χ1v) is 10.5. The van der Waals surface area contributed by atoms with Gasteiger partial charge < -0.3 is 9.88 Å². The smallest absolute Gasteiger partial charge is 0.278 e. The molecular formula is C25H24N4O2. The van der Waals surface area contributed by atoms with Crippen LogP contribution in [0.3, 0.4) is 0 Å². The summed E-state index contributed by atoms with van der Waals surface area (Å²) in [5.74, 6) is -0.180. The molecule has 0 unspecified atom stereocenters. The van der Waals surface area contributed by atoms with Gasteiger partial charge in [0.1, 0.15) is 17.6 Å². The topological polar surface area (TPSA) is 68.9 Å². The van der Waals surface area contributed by atoms with Crippen LogP contribution >= 0.6 is 0 Å². The van der Waals surface area contributed by atoms with Crippen molar-refractivity contribution in [1.29, 1.82) is 0 Å². The van der Waals surface area contributed by atoms with Crippen molar-refractivity contribution in [3.8, 4) is 11.1 Å². The first-order chi connectivity index (χ1) is 15.0. The van der Waals surface area contributed by atoms with Gasteiger partial charge in [-0.1, -0.05) is 36.4 Å². The monoisotopic (exact) mass is 412 g/mol. The van der Waals surface area contributed by atoms with Gasteiger partial charge >= 0.3 is 0 Å². The van der Waals surface area contributed by atoms with Gasteiger partial charge in [0.05, 0.1) is 6.33 Å². The van der Waals surface area contributed by atoms with Crippen LogP contribution in [0.1, 0.15) is 30.0 Å². The SMILES string of the molecule is Cc1ccc(NC(=O)Cn2cc(-c3ccccc3)c3ncn(C4CC4)c(=O)c32)cc1C. The number of nitrogens with one attached hydrogen (secondary N) is 1. The highest BCUT2D eigenvalue weighted by Gasteiger charge is 2.27. The van der Waals surface area contributed by atoms with Crippen LogP contribution in [0.2, 0.25) is 0 Å². The Balaban J connectivity index is 1.55. The molecular weight excluding hydrogens is 388 g/mol. The lowest BCUT2D eigenvalue weighted by Crippen LogP contribution is -2.24. The van der Waals surface area contributed by atoms with Crippen molar-refractivity contribution in [2.24, 2.45) is 0 Å². The maximum absolute atomic E-state index is 13.3. The van der Waals surface area contributed by atoms with Gasteiger partial charge in [-0.2, -0.15) is 0 Å². The number of carbonyl (C=O) groups excluding carboxylic acids is 1. The van der Waals surface area contributed by atoms with Gasteiger partial charge in [0.25, 0.3) is 5.56 Å². The Hall–Kier alpha value is -3.67. The molecule has 6 heteroatoms. The van der Waals surface area contributed by atoms with E-state index in [0.29, 0.717) is 11.0 Å². The van der Waals surface area contributed by atoms with E-state index in [1.807, 2.05) is 68.6 Å². The van der Waals surface area contributed by atoms with Crippen molar-refractivity contribution >= 4 is 22.6 Å². The number of amides is 1. The third-order valence-corrected chi connectivity index (χ3v) is 5.93. The van der Waals surface area contributed by atoms with Crippen LogP contribution in [0.15, 0.2) is 65.8 Å². The molecule has 4 aromatic rings. The largest absolute Gasteiger partial charge is 0.332 e. The van der Waals surface area contributed by atoms with Gasteiger partial charge in [-0.3, -0.25) is 14.2 Å². The van der Waals surface area contributed by atoms with Crippen LogP contribution in [0.5, 0.6) is 0 Å². The standard InChI is InChI=1S/C25H24N4O2/c1-16-8-9-19(12-17(16)2)27-22(30)14-28-13-21(18-6-4-3-5-7-18)23-24(28)25(31)29(15-26-23)20-10-11-20/h3-9,12-13,15,20H,10-11,14H2,1-2H3,(H,27,30). The minimum Gasteiger partial charge on any atom is -0.332 e. The number of hydrogen-bond acceptors (Lipinski definition) is 3. The fourth-order valence-corrected chi connectivity index (χ4v) is 3.94. The predicted octanol–water partition coefficient (Wildman–Crippen LogP) is 4.46. The minimum atomic E-state index is -0.180. The molecule has 2 aromatic heterocycles. The number of carbonyl (C=O) groups is 1. The van der Waals surface area contributed by atoms with Crippen LogP contribution in [0.25, 0.3) is 22.2 Å². The Kier molecular flexibility index (Phi) is 4.70. The van der Waals surface area contributed by atoms with E-state index < -0.39 is 0 Å². The molecule has 1 N–H and O–H groups in total. The van der Waals surface area contributed by atoms with E-state index in [1.54, 1.807) is 15.5 Å². The van der Waals surface area contributed by atoms with Gasteiger partial charge in [-0.05, 0) is 55.5 Å². The van der Waals surface area contributed by atoms with Crippen LogP contribution in [0.4, 0.5) is 5.69 Å². The summed E-state index contributed by atoms with van der Waals surface area (Å²) >= 11 is 0. The highest BCUT2D eigenvalue weighted by atomic mass is 16.2. The molecule has 0 spiro atoms. The van der Waals surface area contributed by atoms with Gasteiger partial charge in [0.15, 0.2) is 0 Å². The van der Waals surface area contributed by atoms with Crippen molar-refractivity contribution in [3.63, 3.8) is 0 Å². The highest BCUT2D eigenvalue weighted by Crippen LogP contribution is 2.34. The summed E-state index contributed by atoms with van der Waals surface area (Å²) < 4.78 is 3.44. The summed E-state index contributed by atoms with van der Waals surface area (Å²) in [4.78, 5) is 30.7. The quantitative estimate of drug-likeness (QED) is 0.526. The number of aromatic nitrogens is 3. The molecule has 31 heavy (non-hydrogen) atoms. The van der Waals surface area contributed by atoms with E-state index in [1.165, 1.54) is 5.56 Å². The Labute approximate surface area is 180 Å². The van der Waals surface area contributed by atoms with Gasteiger partial charge in [0, 0.05) is 23.5 Å². The van der Waals surface area contributed by atoms with Gasteiger partial charge in [0.2, 0.25) is 5.91 Å². The number of rotatable bonds is 5. The molecule has 0 bridgehead atoms. The normalized spacial score (nSPS) is 13.5. The Morgan fingerprint density at radius 2 is 1.87 bits per heavy atom.